The van der Waals surface area contributed by atoms with E-state index in [0.29, 0.717) is 5.56 Å². The first kappa shape index (κ1) is 17.0. The van der Waals surface area contributed by atoms with Crippen molar-refractivity contribution < 1.29 is 13.9 Å². The number of hydrogen-bond donors (Lipinski definition) is 1. The van der Waals surface area contributed by atoms with Gasteiger partial charge in [0.15, 0.2) is 0 Å². The van der Waals surface area contributed by atoms with E-state index < -0.39 is 0 Å². The zero-order valence-corrected chi connectivity index (χ0v) is 13.7. The Bertz CT molecular complexity index is 685. The number of carbonyl (C=O) groups is 1. The second-order valence-electron chi connectivity index (χ2n) is 5.53. The van der Waals surface area contributed by atoms with Crippen LogP contribution >= 0.6 is 0 Å². The second kappa shape index (κ2) is 7.77. The number of carbonyl (C=O) groups excluding carboxylic acids is 1. The summed E-state index contributed by atoms with van der Waals surface area (Å²) in [5, 5.41) is 2.98. The quantitative estimate of drug-likeness (QED) is 0.876. The van der Waals surface area contributed by atoms with Crippen LogP contribution in [0.5, 0.6) is 5.75 Å². The normalized spacial score (nSPS) is 11.8. The molecule has 2 rings (SSSR count). The molecule has 0 aromatic heterocycles. The van der Waals surface area contributed by atoms with Crippen molar-refractivity contribution in [2.75, 3.05) is 7.11 Å². The molecule has 0 radical (unpaired) electrons. The van der Waals surface area contributed by atoms with Crippen molar-refractivity contribution in [2.45, 2.75) is 32.7 Å². The van der Waals surface area contributed by atoms with E-state index in [1.54, 1.807) is 25.3 Å². The fourth-order valence-corrected chi connectivity index (χ4v) is 2.60. The number of amides is 1. The molecule has 4 heteroatoms. The van der Waals surface area contributed by atoms with Crippen LogP contribution < -0.4 is 10.1 Å². The highest BCUT2D eigenvalue weighted by atomic mass is 19.1. The molecule has 1 atom stereocenters. The van der Waals surface area contributed by atoms with Crippen molar-refractivity contribution in [1.82, 2.24) is 5.32 Å². The molecule has 1 N–H and O–H groups in total. The van der Waals surface area contributed by atoms with Gasteiger partial charge in [0.25, 0.3) is 0 Å². The Kier molecular flexibility index (Phi) is 5.74. The molecular formula is C19H22FNO2. The van der Waals surface area contributed by atoms with E-state index in [1.165, 1.54) is 6.07 Å². The molecule has 3 nitrogen and oxygen atoms in total. The zero-order chi connectivity index (χ0) is 16.8. The Labute approximate surface area is 136 Å². The summed E-state index contributed by atoms with van der Waals surface area (Å²) in [5.74, 6) is 0.285. The van der Waals surface area contributed by atoms with Crippen LogP contribution in [-0.2, 0) is 11.2 Å². The summed E-state index contributed by atoms with van der Waals surface area (Å²) in [7, 11) is 1.63. The number of aryl methyl sites for hydroxylation is 1. The summed E-state index contributed by atoms with van der Waals surface area (Å²) in [6, 6.07) is 12.1. The van der Waals surface area contributed by atoms with E-state index in [2.05, 4.69) is 5.32 Å². The molecule has 0 fully saturated rings. The molecule has 23 heavy (non-hydrogen) atoms. The van der Waals surface area contributed by atoms with Crippen LogP contribution in [0, 0.1) is 12.7 Å². The van der Waals surface area contributed by atoms with Crippen molar-refractivity contribution in [3.63, 3.8) is 0 Å². The maximum atomic E-state index is 13.6. The van der Waals surface area contributed by atoms with Gasteiger partial charge in [-0.05, 0) is 42.2 Å². The molecule has 122 valence electrons. The monoisotopic (exact) mass is 315 g/mol. The number of ether oxygens (including phenoxy) is 1. The average Bonchev–Trinajstić information content (AvgIpc) is 2.54. The molecule has 0 spiro atoms. The predicted octanol–water partition coefficient (Wildman–Crippen LogP) is 3.95. The molecule has 0 unspecified atom stereocenters. The van der Waals surface area contributed by atoms with Gasteiger partial charge in [-0.2, -0.15) is 0 Å². The maximum absolute atomic E-state index is 13.6. The summed E-state index contributed by atoms with van der Waals surface area (Å²) in [6.07, 6.45) is 0.799. The van der Waals surface area contributed by atoms with Gasteiger partial charge >= 0.3 is 0 Å². The molecule has 2 aromatic rings. The third kappa shape index (κ3) is 4.31. The van der Waals surface area contributed by atoms with Crippen LogP contribution in [0.15, 0.2) is 42.5 Å². The number of rotatable bonds is 6. The average molecular weight is 315 g/mol. The van der Waals surface area contributed by atoms with Crippen LogP contribution in [0.2, 0.25) is 0 Å². The minimum Gasteiger partial charge on any atom is -0.496 e. The number of benzene rings is 2. The molecule has 0 bridgehead atoms. The fraction of sp³-hybridized carbons (Fsp3) is 0.316. The fourth-order valence-electron chi connectivity index (χ4n) is 2.60. The van der Waals surface area contributed by atoms with Gasteiger partial charge in [-0.3, -0.25) is 4.79 Å². The molecule has 0 aliphatic rings. The summed E-state index contributed by atoms with van der Waals surface area (Å²) < 4.78 is 18.9. The first-order valence-electron chi connectivity index (χ1n) is 7.72. The molecule has 0 heterocycles. The molecule has 0 aliphatic heterocycles. The van der Waals surface area contributed by atoms with Crippen LogP contribution in [0.1, 0.15) is 36.1 Å². The van der Waals surface area contributed by atoms with Gasteiger partial charge in [0.05, 0.1) is 19.6 Å². The van der Waals surface area contributed by atoms with Crippen LogP contribution in [-0.4, -0.2) is 13.0 Å². The topological polar surface area (TPSA) is 38.3 Å². The van der Waals surface area contributed by atoms with E-state index in [0.717, 1.165) is 23.3 Å². The minimum absolute atomic E-state index is 0.0400. The number of nitrogens with one attached hydrogen (secondary N) is 1. The Morgan fingerprint density at radius 2 is 2.00 bits per heavy atom. The zero-order valence-electron chi connectivity index (χ0n) is 13.7. The number of methoxy groups -OCH3 is 1. The lowest BCUT2D eigenvalue weighted by Crippen LogP contribution is -2.29. The Morgan fingerprint density at radius 1 is 1.26 bits per heavy atom. The highest BCUT2D eigenvalue weighted by Crippen LogP contribution is 2.24. The Hall–Kier alpha value is -2.36. The summed E-state index contributed by atoms with van der Waals surface area (Å²) in [5.41, 5.74) is 2.45. The third-order valence-electron chi connectivity index (χ3n) is 3.87. The van der Waals surface area contributed by atoms with Crippen molar-refractivity contribution in [3.05, 3.63) is 65.0 Å². The highest BCUT2D eigenvalue weighted by Gasteiger charge is 2.15. The van der Waals surface area contributed by atoms with E-state index in [4.69, 9.17) is 4.74 Å². The Morgan fingerprint density at radius 3 is 2.61 bits per heavy atom. The lowest BCUT2D eigenvalue weighted by atomic mass is 10.0. The SMILES string of the molecule is CC[C@H](NC(=O)Cc1ccccc1F)c1ccc(OC)c(C)c1. The molecule has 0 saturated heterocycles. The van der Waals surface area contributed by atoms with Gasteiger partial charge in [0.2, 0.25) is 5.91 Å². The van der Waals surface area contributed by atoms with Gasteiger partial charge in [0.1, 0.15) is 11.6 Å². The summed E-state index contributed by atoms with van der Waals surface area (Å²) in [4.78, 5) is 12.2. The van der Waals surface area contributed by atoms with E-state index in [-0.39, 0.29) is 24.2 Å². The van der Waals surface area contributed by atoms with Crippen LogP contribution in [0.3, 0.4) is 0 Å². The van der Waals surface area contributed by atoms with Crippen LogP contribution in [0.4, 0.5) is 4.39 Å². The van der Waals surface area contributed by atoms with Crippen molar-refractivity contribution in [2.24, 2.45) is 0 Å². The molecular weight excluding hydrogens is 293 g/mol. The number of hydrogen-bond acceptors (Lipinski definition) is 2. The van der Waals surface area contributed by atoms with E-state index >= 15 is 0 Å². The lowest BCUT2D eigenvalue weighted by Gasteiger charge is -2.19. The van der Waals surface area contributed by atoms with Crippen LogP contribution in [0.25, 0.3) is 0 Å². The van der Waals surface area contributed by atoms with E-state index in [9.17, 15) is 9.18 Å². The molecule has 0 saturated carbocycles. The van der Waals surface area contributed by atoms with E-state index in [1.807, 2.05) is 32.0 Å². The summed E-state index contributed by atoms with van der Waals surface area (Å²) >= 11 is 0. The first-order valence-corrected chi connectivity index (χ1v) is 7.72. The lowest BCUT2D eigenvalue weighted by molar-refractivity contribution is -0.121. The maximum Gasteiger partial charge on any atom is 0.225 e. The minimum atomic E-state index is -0.351. The van der Waals surface area contributed by atoms with Crippen molar-refractivity contribution in [1.29, 1.82) is 0 Å². The van der Waals surface area contributed by atoms with Crippen molar-refractivity contribution >= 4 is 5.91 Å². The van der Waals surface area contributed by atoms with Gasteiger partial charge in [0, 0.05) is 0 Å². The standard InChI is InChI=1S/C19H22FNO2/c1-4-17(15-9-10-18(23-3)13(2)11-15)21-19(22)12-14-7-5-6-8-16(14)20/h5-11,17H,4,12H2,1-3H3,(H,21,22)/t17-/m0/s1. The summed E-state index contributed by atoms with van der Waals surface area (Å²) in [6.45, 7) is 3.98. The third-order valence-corrected chi connectivity index (χ3v) is 3.87. The van der Waals surface area contributed by atoms with Gasteiger partial charge < -0.3 is 10.1 Å². The predicted molar refractivity (Wildman–Crippen MR) is 89.0 cm³/mol. The van der Waals surface area contributed by atoms with Gasteiger partial charge in [-0.1, -0.05) is 37.3 Å². The second-order valence-corrected chi connectivity index (χ2v) is 5.53. The molecule has 2 aromatic carbocycles. The molecule has 0 aliphatic carbocycles. The van der Waals surface area contributed by atoms with Gasteiger partial charge in [-0.15, -0.1) is 0 Å². The largest absolute Gasteiger partial charge is 0.496 e. The van der Waals surface area contributed by atoms with Gasteiger partial charge in [-0.25, -0.2) is 4.39 Å². The highest BCUT2D eigenvalue weighted by molar-refractivity contribution is 5.79. The van der Waals surface area contributed by atoms with Crippen molar-refractivity contribution in [3.8, 4) is 5.75 Å². The Balaban J connectivity index is 2.08. The smallest absolute Gasteiger partial charge is 0.225 e. The number of halogens is 1. The molecule has 1 amide bonds. The first-order chi connectivity index (χ1) is 11.0.